The third kappa shape index (κ3) is 32.7. The number of allylic oxidation sites excluding steroid dienone is 16. The first-order chi connectivity index (χ1) is 30.1. The van der Waals surface area contributed by atoms with Crippen LogP contribution in [-0.4, -0.2) is 97.5 Å². The van der Waals surface area contributed by atoms with E-state index in [1.54, 1.807) is 0 Å². The van der Waals surface area contributed by atoms with Crippen LogP contribution < -0.4 is 0 Å². The van der Waals surface area contributed by atoms with Gasteiger partial charge in [-0.05, 0) is 89.9 Å². The molecule has 0 radical (unpaired) electrons. The minimum atomic E-state index is -5.08. The lowest BCUT2D eigenvalue weighted by Crippen LogP contribution is -2.60. The van der Waals surface area contributed by atoms with Gasteiger partial charge in [0.15, 0.2) is 6.29 Å². The summed E-state index contributed by atoms with van der Waals surface area (Å²) in [7, 11) is -5.08. The molecule has 0 aromatic rings. The summed E-state index contributed by atoms with van der Waals surface area (Å²) in [6.45, 7) is 3.65. The average Bonchev–Trinajstić information content (AvgIpc) is 3.24. The van der Waals surface area contributed by atoms with Crippen molar-refractivity contribution in [3.8, 4) is 0 Å². The average molecular weight is 893 g/mol. The van der Waals surface area contributed by atoms with Crippen LogP contribution in [0, 0.1) is 0 Å². The fourth-order valence-corrected chi connectivity index (χ4v) is 6.75. The maximum absolute atomic E-state index is 12.8. The summed E-state index contributed by atoms with van der Waals surface area (Å²) in [6.07, 6.45) is 44.5. The van der Waals surface area contributed by atoms with Crippen LogP contribution in [0.3, 0.4) is 0 Å². The zero-order valence-electron chi connectivity index (χ0n) is 37.6. The normalized spacial score (nSPS) is 20.9. The van der Waals surface area contributed by atoms with E-state index >= 15 is 0 Å². The molecule has 6 unspecified atom stereocenters. The van der Waals surface area contributed by atoms with E-state index in [1.165, 1.54) is 19.3 Å². The molecule has 0 aromatic carbocycles. The highest BCUT2D eigenvalue weighted by Crippen LogP contribution is 2.26. The van der Waals surface area contributed by atoms with E-state index in [2.05, 4.69) is 115 Å². The van der Waals surface area contributed by atoms with Gasteiger partial charge in [-0.15, -0.1) is 0 Å². The summed E-state index contributed by atoms with van der Waals surface area (Å²) in [5, 5.41) is 30.7. The Morgan fingerprint density at radius 2 is 1.11 bits per heavy atom. The Bertz CT molecular complexity index is 1450. The van der Waals surface area contributed by atoms with Gasteiger partial charge in [0.1, 0.15) is 30.5 Å². The van der Waals surface area contributed by atoms with Crippen molar-refractivity contribution in [2.75, 3.05) is 26.4 Å². The minimum absolute atomic E-state index is 0.0164. The van der Waals surface area contributed by atoms with Crippen molar-refractivity contribution >= 4 is 16.4 Å². The smallest absolute Gasteiger partial charge is 0.397 e. The van der Waals surface area contributed by atoms with E-state index in [-0.39, 0.29) is 19.6 Å². The molecule has 354 valence electrons. The van der Waals surface area contributed by atoms with Crippen molar-refractivity contribution < 1.29 is 56.2 Å². The summed E-state index contributed by atoms with van der Waals surface area (Å²) in [5.41, 5.74) is 0. The van der Waals surface area contributed by atoms with Crippen LogP contribution in [0.1, 0.15) is 142 Å². The van der Waals surface area contributed by atoms with Crippen LogP contribution in [0.5, 0.6) is 0 Å². The Morgan fingerprint density at radius 3 is 1.63 bits per heavy atom. The van der Waals surface area contributed by atoms with E-state index in [1.807, 2.05) is 0 Å². The highest BCUT2D eigenvalue weighted by atomic mass is 32.3. The maximum Gasteiger partial charge on any atom is 0.397 e. The van der Waals surface area contributed by atoms with Crippen molar-refractivity contribution in [1.82, 2.24) is 0 Å². The molecule has 1 aliphatic rings. The van der Waals surface area contributed by atoms with Crippen LogP contribution in [0.4, 0.5) is 0 Å². The second-order valence-electron chi connectivity index (χ2n) is 15.3. The highest BCUT2D eigenvalue weighted by molar-refractivity contribution is 7.80. The van der Waals surface area contributed by atoms with Crippen LogP contribution >= 0.6 is 0 Å². The summed E-state index contributed by atoms with van der Waals surface area (Å²) in [5.74, 6) is -0.438. The number of ether oxygens (including phenoxy) is 4. The molecule has 1 rings (SSSR count). The molecule has 12 nitrogen and oxygen atoms in total. The maximum atomic E-state index is 12.8. The van der Waals surface area contributed by atoms with Gasteiger partial charge in [0.05, 0.1) is 19.8 Å². The van der Waals surface area contributed by atoms with Gasteiger partial charge in [0, 0.05) is 13.0 Å². The molecule has 1 saturated heterocycles. The van der Waals surface area contributed by atoms with Gasteiger partial charge >= 0.3 is 16.4 Å². The summed E-state index contributed by atoms with van der Waals surface area (Å²) >= 11 is 0. The van der Waals surface area contributed by atoms with Crippen molar-refractivity contribution in [3.63, 3.8) is 0 Å². The number of esters is 1. The third-order valence-corrected chi connectivity index (χ3v) is 10.2. The van der Waals surface area contributed by atoms with Crippen LogP contribution in [0.15, 0.2) is 97.2 Å². The van der Waals surface area contributed by atoms with Gasteiger partial charge in [0.25, 0.3) is 0 Å². The van der Waals surface area contributed by atoms with Gasteiger partial charge in [-0.3, -0.25) is 9.35 Å². The SMILES string of the molecule is CC/C=C\C/C=C\C/C=C\C/C=C\C/C=C\C/C=C\CCCOCC(COC1OC(CO)C(O)C(OS(=O)(=O)O)C1O)OC(=O)CCCCCCC/C=C\C/C=C\CCCCC. The third-order valence-electron chi connectivity index (χ3n) is 9.69. The Balaban J connectivity index is 2.49. The zero-order chi connectivity index (χ0) is 45.4. The topological polar surface area (TPSA) is 178 Å². The molecular formula is C49H80O12S. The fourth-order valence-electron chi connectivity index (χ4n) is 6.25. The van der Waals surface area contributed by atoms with Gasteiger partial charge in [-0.1, -0.05) is 143 Å². The second-order valence-corrected chi connectivity index (χ2v) is 16.3. The fraction of sp³-hybridized carbons (Fsp3) is 0.653. The van der Waals surface area contributed by atoms with E-state index in [0.717, 1.165) is 96.3 Å². The van der Waals surface area contributed by atoms with Crippen molar-refractivity contribution in [2.45, 2.75) is 179 Å². The Labute approximate surface area is 374 Å². The molecular weight excluding hydrogens is 813 g/mol. The molecule has 0 saturated carbocycles. The van der Waals surface area contributed by atoms with E-state index < -0.39 is 59.8 Å². The van der Waals surface area contributed by atoms with Crippen LogP contribution in [-0.2, 0) is 38.3 Å². The number of aliphatic hydroxyl groups excluding tert-OH is 3. The number of carbonyl (C=O) groups is 1. The number of unbranched alkanes of at least 4 members (excludes halogenated alkanes) is 9. The standard InChI is InChI=1S/C49H80O12S/c1-3-5-7-9-11-13-15-17-19-20-21-22-23-25-27-29-31-33-35-37-39-57-41-43(42-58-49-47(53)48(61-62(54,55)56)46(52)44(40-50)60-49)59-45(51)38-36-34-32-30-28-26-24-18-16-14-12-10-8-6-4-2/h5,7,11-14,17-19,21-22,24-25,27,31,33,43-44,46-50,52-53H,3-4,6,8-10,15-16,20,23,26,28-30,32,34-42H2,1-2H3,(H,54,55,56)/b7-5-,13-11-,14-12-,19-17-,22-21-,24-18-,27-25-,33-31-. The molecule has 1 fully saturated rings. The van der Waals surface area contributed by atoms with E-state index in [9.17, 15) is 28.5 Å². The molecule has 13 heteroatoms. The van der Waals surface area contributed by atoms with E-state index in [4.69, 9.17) is 23.5 Å². The zero-order valence-corrected chi connectivity index (χ0v) is 38.5. The van der Waals surface area contributed by atoms with Crippen molar-refractivity contribution in [1.29, 1.82) is 0 Å². The largest absolute Gasteiger partial charge is 0.457 e. The first kappa shape index (κ1) is 57.0. The molecule has 1 heterocycles. The first-order valence-corrected chi connectivity index (χ1v) is 24.4. The van der Waals surface area contributed by atoms with Crippen LogP contribution in [0.25, 0.3) is 0 Å². The lowest BCUT2D eigenvalue weighted by Gasteiger charge is -2.41. The molecule has 1 aliphatic heterocycles. The van der Waals surface area contributed by atoms with Crippen LogP contribution in [0.2, 0.25) is 0 Å². The van der Waals surface area contributed by atoms with Crippen molar-refractivity contribution in [2.24, 2.45) is 0 Å². The number of carbonyl (C=O) groups excluding carboxylic acids is 1. The predicted octanol–water partition coefficient (Wildman–Crippen LogP) is 9.85. The molecule has 62 heavy (non-hydrogen) atoms. The molecule has 4 N–H and O–H groups in total. The Kier molecular flexibility index (Phi) is 36.4. The molecule has 0 aromatic heterocycles. The summed E-state index contributed by atoms with van der Waals surface area (Å²) in [4.78, 5) is 12.8. The molecule has 6 atom stereocenters. The minimum Gasteiger partial charge on any atom is -0.457 e. The summed E-state index contributed by atoms with van der Waals surface area (Å²) in [6, 6.07) is 0. The number of rotatable bonds is 38. The Morgan fingerprint density at radius 1 is 0.629 bits per heavy atom. The van der Waals surface area contributed by atoms with E-state index in [0.29, 0.717) is 13.0 Å². The number of hydrogen-bond acceptors (Lipinski definition) is 11. The number of hydrogen-bond donors (Lipinski definition) is 4. The molecule has 0 spiro atoms. The molecule has 0 amide bonds. The quantitative estimate of drug-likeness (QED) is 0.0200. The van der Waals surface area contributed by atoms with Gasteiger partial charge in [0.2, 0.25) is 0 Å². The molecule has 0 bridgehead atoms. The lowest BCUT2D eigenvalue weighted by molar-refractivity contribution is -0.301. The predicted molar refractivity (Wildman–Crippen MR) is 248 cm³/mol. The number of aliphatic hydroxyl groups is 3. The highest BCUT2D eigenvalue weighted by Gasteiger charge is 2.48. The molecule has 0 aliphatic carbocycles. The van der Waals surface area contributed by atoms with Crippen molar-refractivity contribution in [3.05, 3.63) is 97.2 Å². The first-order valence-electron chi connectivity index (χ1n) is 23.0. The van der Waals surface area contributed by atoms with Gasteiger partial charge < -0.3 is 34.3 Å². The van der Waals surface area contributed by atoms with Gasteiger partial charge in [-0.2, -0.15) is 8.42 Å². The Hall–Kier alpha value is -2.98. The van der Waals surface area contributed by atoms with Gasteiger partial charge in [-0.25, -0.2) is 4.18 Å². The summed E-state index contributed by atoms with van der Waals surface area (Å²) < 4.78 is 59.0. The lowest BCUT2D eigenvalue weighted by atomic mass is 9.99. The monoisotopic (exact) mass is 893 g/mol. The second kappa shape index (κ2) is 39.6.